The first-order valence-corrected chi connectivity index (χ1v) is 12.8. The van der Waals surface area contributed by atoms with Gasteiger partial charge in [-0.2, -0.15) is 0 Å². The lowest BCUT2D eigenvalue weighted by atomic mass is 9.64. The Hall–Kier alpha value is -2.74. The number of rotatable bonds is 16. The lowest BCUT2D eigenvalue weighted by Gasteiger charge is -2.51. The van der Waals surface area contributed by atoms with E-state index in [2.05, 4.69) is 5.32 Å². The number of Topliss-reactive ketones (excluding diaryl/α,β-unsaturated/α-hetero) is 3. The molecule has 0 rings (SSSR count). The lowest BCUT2D eigenvalue weighted by molar-refractivity contribution is -0.180. The summed E-state index contributed by atoms with van der Waals surface area (Å²) in [6.07, 6.45) is -4.02. The topological polar surface area (TPSA) is 202 Å². The monoisotopic (exact) mass is 576 g/mol. The highest BCUT2D eigenvalue weighted by atomic mass is 16.4. The number of amides is 2. The molecule has 230 valence electrons. The van der Waals surface area contributed by atoms with Crippen molar-refractivity contribution in [1.82, 2.24) is 15.1 Å². The fourth-order valence-corrected chi connectivity index (χ4v) is 4.50. The van der Waals surface area contributed by atoms with Crippen molar-refractivity contribution < 1.29 is 53.3 Å². The van der Waals surface area contributed by atoms with E-state index in [0.717, 1.165) is 20.8 Å². The molecule has 40 heavy (non-hydrogen) atoms. The van der Waals surface area contributed by atoms with E-state index in [-0.39, 0.29) is 23.7 Å². The van der Waals surface area contributed by atoms with Crippen LogP contribution in [0.1, 0.15) is 72.3 Å². The Morgan fingerprint density at radius 3 is 1.70 bits per heavy atom. The van der Waals surface area contributed by atoms with E-state index in [1.54, 1.807) is 13.8 Å². The van der Waals surface area contributed by atoms with E-state index in [0.29, 0.717) is 11.8 Å². The highest BCUT2D eigenvalue weighted by Crippen LogP contribution is 2.39. The molecule has 0 bridgehead atoms. The maximum Gasteiger partial charge on any atom is 0.343 e. The average Bonchev–Trinajstić information content (AvgIpc) is 2.93. The predicted octanol–water partition coefficient (Wildman–Crippen LogP) is -0.615. The molecule has 0 spiro atoms. The Labute approximate surface area is 240 Å². The van der Waals surface area contributed by atoms with Gasteiger partial charge in [0.25, 0.3) is 11.8 Å². The zero-order valence-corrected chi connectivity index (χ0v) is 24.6. The van der Waals surface area contributed by atoms with E-state index >= 15 is 4.79 Å². The molecule has 2 amide bonds. The molecule has 13 nitrogen and oxygen atoms in total. The zero-order valence-electron chi connectivity index (χ0n) is 27.6. The van der Waals surface area contributed by atoms with E-state index in [9.17, 15) is 44.4 Å². The number of carboxylic acids is 1. The molecule has 5 N–H and O–H groups in total. The first kappa shape index (κ1) is 31.8. The minimum Gasteiger partial charge on any atom is -0.479 e. The fraction of sp³-hybridized carbons (Fsp3) is 0.778. The highest BCUT2D eigenvalue weighted by Gasteiger charge is 2.67. The summed E-state index contributed by atoms with van der Waals surface area (Å²) >= 11 is 0. The number of carbonyl (C=O) groups is 6. The third kappa shape index (κ3) is 6.59. The molecule has 0 radical (unpaired) electrons. The lowest BCUT2D eigenvalue weighted by Crippen LogP contribution is -2.78. The number of aliphatic hydroxyl groups excluding tert-OH is 2. The largest absolute Gasteiger partial charge is 0.479 e. The number of hydrogen-bond donors (Lipinski definition) is 5. The quantitative estimate of drug-likeness (QED) is 0.147. The summed E-state index contributed by atoms with van der Waals surface area (Å²) in [4.78, 5) is 83.2. The number of carboxylic acid groups (broad SMARTS) is 1. The van der Waals surface area contributed by atoms with E-state index in [1.165, 1.54) is 13.8 Å². The molecule has 7 atom stereocenters. The highest BCUT2D eigenvalue weighted by molar-refractivity contribution is 6.30. The molecule has 0 unspecified atom stereocenters. The minimum absolute atomic E-state index is 0.0127. The molecule has 0 aliphatic carbocycles. The predicted molar refractivity (Wildman–Crippen MR) is 145 cm³/mol. The summed E-state index contributed by atoms with van der Waals surface area (Å²) in [7, 11) is -2.92. The second-order valence-electron chi connectivity index (χ2n) is 10.8. The second kappa shape index (κ2) is 13.7. The zero-order chi connectivity index (χ0) is 34.2. The number of aliphatic carboxylic acids is 1. The van der Waals surface area contributed by atoms with Crippen molar-refractivity contribution in [1.29, 1.82) is 0 Å². The summed E-state index contributed by atoms with van der Waals surface area (Å²) in [6.45, 7) is 9.49. The van der Waals surface area contributed by atoms with Gasteiger partial charge < -0.3 is 35.5 Å². The van der Waals surface area contributed by atoms with Gasteiger partial charge >= 0.3 is 5.97 Å². The number of likely N-dealkylation sites (N-methyl/N-ethyl adjacent to an activating group) is 3. The van der Waals surface area contributed by atoms with Crippen LogP contribution in [-0.4, -0.2) is 121 Å². The summed E-state index contributed by atoms with van der Waals surface area (Å²) in [5.74, 6) is -11.1. The van der Waals surface area contributed by atoms with Crippen LogP contribution in [-0.2, 0) is 28.8 Å². The van der Waals surface area contributed by atoms with Gasteiger partial charge in [-0.05, 0) is 53.0 Å². The Kier molecular flexibility index (Phi) is 10.9. The molecular formula is C27H47N3O10. The molecule has 0 aromatic carbocycles. The van der Waals surface area contributed by atoms with Gasteiger partial charge in [-0.15, -0.1) is 0 Å². The molecule has 0 heterocycles. The number of aliphatic hydroxyl groups is 3. The van der Waals surface area contributed by atoms with Crippen LogP contribution in [0.15, 0.2) is 0 Å². The number of ketones is 3. The molecule has 0 aliphatic rings. The molecular weight excluding hydrogens is 526 g/mol. The first-order chi connectivity index (χ1) is 19.6. The number of carbonyl (C=O) groups excluding carboxylic acids is 5. The van der Waals surface area contributed by atoms with Crippen molar-refractivity contribution in [3.05, 3.63) is 0 Å². The van der Waals surface area contributed by atoms with Gasteiger partial charge in [0.05, 0.1) is 6.04 Å². The summed E-state index contributed by atoms with van der Waals surface area (Å²) in [6, 6.07) is -1.36. The molecule has 0 aromatic rings. The van der Waals surface area contributed by atoms with Crippen molar-refractivity contribution >= 4 is 35.1 Å². The van der Waals surface area contributed by atoms with Crippen molar-refractivity contribution in [2.75, 3.05) is 21.1 Å². The molecule has 0 saturated heterocycles. The Morgan fingerprint density at radius 1 is 0.875 bits per heavy atom. The summed E-state index contributed by atoms with van der Waals surface area (Å²) in [5.41, 5.74) is -9.49. The average molecular weight is 577 g/mol. The number of nitrogens with one attached hydrogen (secondary N) is 1. The van der Waals surface area contributed by atoms with Crippen LogP contribution in [0.2, 0.25) is 0 Å². The van der Waals surface area contributed by atoms with E-state index < -0.39 is 97.1 Å². The van der Waals surface area contributed by atoms with Crippen molar-refractivity contribution in [3.63, 3.8) is 0 Å². The van der Waals surface area contributed by atoms with Gasteiger partial charge in [0, 0.05) is 18.2 Å². The summed E-state index contributed by atoms with van der Waals surface area (Å²) in [5, 5.41) is 43.7. The van der Waals surface area contributed by atoms with E-state index in [1.807, 2.05) is 0 Å². The normalized spacial score (nSPS) is 20.1. The molecule has 13 heteroatoms. The third-order valence-corrected chi connectivity index (χ3v) is 7.28. The van der Waals surface area contributed by atoms with Gasteiger partial charge in [0.1, 0.15) is 12.2 Å². The van der Waals surface area contributed by atoms with Gasteiger partial charge in [-0.25, -0.2) is 4.79 Å². The fourth-order valence-electron chi connectivity index (χ4n) is 4.50. The van der Waals surface area contributed by atoms with Crippen molar-refractivity contribution in [3.8, 4) is 0 Å². The Bertz CT molecular complexity index is 1060. The van der Waals surface area contributed by atoms with Crippen molar-refractivity contribution in [2.24, 2.45) is 11.8 Å². The Balaban J connectivity index is 8.48. The van der Waals surface area contributed by atoms with E-state index in [4.69, 9.17) is 4.11 Å². The second-order valence-corrected chi connectivity index (χ2v) is 10.8. The third-order valence-electron chi connectivity index (χ3n) is 7.28. The van der Waals surface area contributed by atoms with Crippen LogP contribution in [0, 0.1) is 11.8 Å². The van der Waals surface area contributed by atoms with Gasteiger partial charge in [0.15, 0.2) is 22.6 Å². The molecule has 0 fully saturated rings. The summed E-state index contributed by atoms with van der Waals surface area (Å²) < 4.78 is 23.9. The molecule has 0 aromatic heterocycles. The van der Waals surface area contributed by atoms with Gasteiger partial charge in [0.2, 0.25) is 11.4 Å². The van der Waals surface area contributed by atoms with Gasteiger partial charge in [-0.1, -0.05) is 34.1 Å². The minimum atomic E-state index is -3.40. The SMILES string of the molecule is [2H]CN[C@@H](CC(C)C)C(=O)[C@](C)(C(=O)[C@@](C(=O)[C@@](C)(O)C(=O)O)([C@@H](C)CC)N(C[2H])C(=O)[C@H](C)O)N(C[2H])C(=O)[C@H](C)O. The van der Waals surface area contributed by atoms with Crippen LogP contribution in [0.25, 0.3) is 0 Å². The molecule has 0 aliphatic heterocycles. The molecule has 0 saturated carbocycles. The van der Waals surface area contributed by atoms with Crippen LogP contribution < -0.4 is 5.32 Å². The smallest absolute Gasteiger partial charge is 0.343 e. The first-order valence-electron chi connectivity index (χ1n) is 15.0. The maximum absolute atomic E-state index is 15.2. The standard InChI is InChI=1S/C27H47N3O10/c1-12-15(4)27(30(11)21(35)17(6)32,23(37)26(8,40)24(38)39)22(36)25(7,29(10)20(34)16(5)31)19(33)18(28-9)13-14(2)3/h14-18,28,31-32,40H,12-13H2,1-11H3,(H,38,39)/t15-,16-,17-,18-,25+,26+,27+/m0/s1/i9D,10D,11D. The van der Waals surface area contributed by atoms with Crippen LogP contribution in [0.5, 0.6) is 0 Å². The number of nitrogens with zero attached hydrogens (tertiary/aromatic N) is 2. The van der Waals surface area contributed by atoms with Crippen molar-refractivity contribution in [2.45, 2.75) is 103 Å². The van der Waals surface area contributed by atoms with Gasteiger partial charge in [-0.3, -0.25) is 24.0 Å². The maximum atomic E-state index is 15.2. The Morgan fingerprint density at radius 2 is 1.35 bits per heavy atom. The van der Waals surface area contributed by atoms with Crippen LogP contribution >= 0.6 is 0 Å². The number of hydrogen-bond acceptors (Lipinski definition) is 10. The van der Waals surface area contributed by atoms with Crippen LogP contribution in [0.3, 0.4) is 0 Å². The van der Waals surface area contributed by atoms with Crippen LogP contribution in [0.4, 0.5) is 0 Å².